The van der Waals surface area contributed by atoms with Crippen LogP contribution in [0.15, 0.2) is 103 Å². The maximum atomic E-state index is 14.8. The number of hydrogen-bond acceptors (Lipinski definition) is 17. The molecule has 9 amide bonds. The number of halogens is 1. The molecule has 31 heteroatoms. The van der Waals surface area contributed by atoms with Crippen molar-refractivity contribution in [3.8, 4) is 11.1 Å². The number of nitrogens with zero attached hydrogens (tertiary/aromatic N) is 6. The van der Waals surface area contributed by atoms with E-state index in [4.69, 9.17) is 5.73 Å². The summed E-state index contributed by atoms with van der Waals surface area (Å²) in [6.07, 6.45) is 2.44. The van der Waals surface area contributed by atoms with Crippen molar-refractivity contribution in [1.82, 2.24) is 77.1 Å². The van der Waals surface area contributed by atoms with E-state index >= 15 is 0 Å². The monoisotopic (exact) mass is 1430 g/mol. The van der Waals surface area contributed by atoms with E-state index in [0.29, 0.717) is 48.2 Å². The molecule has 14 N–H and O–H groups in total. The number of carboxylic acid groups (broad SMARTS) is 3. The van der Waals surface area contributed by atoms with Gasteiger partial charge in [0, 0.05) is 121 Å². The number of primary amides is 1. The highest BCUT2D eigenvalue weighted by Gasteiger charge is 2.46. The Labute approximate surface area is 597 Å². The number of hydrogen-bond donors (Lipinski definition) is 13. The van der Waals surface area contributed by atoms with Gasteiger partial charge in [-0.2, -0.15) is 0 Å². The van der Waals surface area contributed by atoms with E-state index in [1.54, 1.807) is 40.0 Å². The van der Waals surface area contributed by atoms with Gasteiger partial charge in [0.1, 0.15) is 29.5 Å². The summed E-state index contributed by atoms with van der Waals surface area (Å²) in [5.74, 6) is -8.10. The summed E-state index contributed by atoms with van der Waals surface area (Å²) in [6, 6.07) is 24.1. The summed E-state index contributed by atoms with van der Waals surface area (Å²) in [5.41, 5.74) is 14.1. The average Bonchev–Trinajstić information content (AvgIpc) is 1.72. The lowest BCUT2D eigenvalue weighted by atomic mass is 9.85. The molecule has 103 heavy (non-hydrogen) atoms. The largest absolute Gasteiger partial charge is 0.480 e. The second-order valence-corrected chi connectivity index (χ2v) is 27.2. The summed E-state index contributed by atoms with van der Waals surface area (Å²) in [5, 5.41) is 46.9. The second-order valence-electron chi connectivity index (χ2n) is 27.2. The predicted molar refractivity (Wildman–Crippen MR) is 379 cm³/mol. The first-order valence-corrected chi connectivity index (χ1v) is 34.8. The molecule has 3 aliphatic heterocycles. The first kappa shape index (κ1) is 78.8. The van der Waals surface area contributed by atoms with Crippen LogP contribution in [0, 0.1) is 18.7 Å². The Kier molecular flexibility index (Phi) is 29.4. The Hall–Kier alpha value is -9.92. The second kappa shape index (κ2) is 38.4. The Morgan fingerprint density at radius 3 is 1.70 bits per heavy atom. The van der Waals surface area contributed by atoms with E-state index in [2.05, 4.69) is 47.7 Å². The van der Waals surface area contributed by atoms with E-state index in [-0.39, 0.29) is 173 Å². The van der Waals surface area contributed by atoms with Crippen LogP contribution in [-0.4, -0.2) is 263 Å². The SMILES string of the molecule is Cc1ccc(CNCC(=O)N2CCC(NC(=O)[C@H](CC(C)C)NC(=O)NNC(=O)[C@H](Cc3ccc(-c4ccccc4)cc3)NC(=O)CN3CCC(NC(=O)CN4CCN(CC(=O)O)CCN(CC(=O)O)CCN(CC(=O)O)CC4)CC3)(C(=O)N[C@@H](Cc3c[nH]c4ccccc34)C(N)=O)CC2)cc1F. The molecule has 5 aromatic rings. The molecule has 0 bridgehead atoms. The molecule has 0 saturated carbocycles. The van der Waals surface area contributed by atoms with Gasteiger partial charge in [0.05, 0.1) is 39.3 Å². The summed E-state index contributed by atoms with van der Waals surface area (Å²) in [4.78, 5) is 161. The normalized spacial score (nSPS) is 17.1. The van der Waals surface area contributed by atoms with Gasteiger partial charge in [-0.25, -0.2) is 14.6 Å². The number of hydrazine groups is 1. The minimum absolute atomic E-state index is 0.000725. The molecule has 0 spiro atoms. The van der Waals surface area contributed by atoms with Crippen molar-refractivity contribution in [3.05, 3.63) is 131 Å². The fourth-order valence-electron chi connectivity index (χ4n) is 13.0. The summed E-state index contributed by atoms with van der Waals surface area (Å²) < 4.78 is 14.3. The van der Waals surface area contributed by atoms with Gasteiger partial charge in [-0.3, -0.25) is 77.9 Å². The molecule has 1 aromatic heterocycles. The molecule has 3 aliphatic rings. The molecule has 0 aliphatic carbocycles. The number of carbonyl (C=O) groups is 11. The zero-order valence-electron chi connectivity index (χ0n) is 58.6. The quantitative estimate of drug-likeness (QED) is 0.0280. The highest BCUT2D eigenvalue weighted by Crippen LogP contribution is 2.27. The first-order chi connectivity index (χ1) is 49.3. The topological polar surface area (TPSA) is 406 Å². The third-order valence-electron chi connectivity index (χ3n) is 18.8. The van der Waals surface area contributed by atoms with Gasteiger partial charge in [-0.05, 0) is 90.5 Å². The Bertz CT molecular complexity index is 3720. The molecule has 4 heterocycles. The molecule has 8 rings (SSSR count). The molecule has 30 nitrogen and oxygen atoms in total. The van der Waals surface area contributed by atoms with Crippen LogP contribution in [0.5, 0.6) is 0 Å². The molecule has 3 saturated heterocycles. The Balaban J connectivity index is 0.895. The van der Waals surface area contributed by atoms with Crippen molar-refractivity contribution in [3.63, 3.8) is 0 Å². The van der Waals surface area contributed by atoms with Gasteiger partial charge in [-0.1, -0.05) is 98.8 Å². The minimum Gasteiger partial charge on any atom is -0.480 e. The van der Waals surface area contributed by atoms with Gasteiger partial charge in [0.2, 0.25) is 35.4 Å². The van der Waals surface area contributed by atoms with Gasteiger partial charge in [-0.15, -0.1) is 0 Å². The van der Waals surface area contributed by atoms with Crippen LogP contribution >= 0.6 is 0 Å². The van der Waals surface area contributed by atoms with Crippen LogP contribution in [0.1, 0.15) is 68.2 Å². The van der Waals surface area contributed by atoms with Crippen LogP contribution in [0.2, 0.25) is 0 Å². The standard InChI is InChI=1S/C72H97FN16O14/c1-47(2)35-59(68(100)81-72(70(102)79-58(67(74)99)38-53-40-76-57-12-8-7-11-55(53)57)21-25-89(26-22-72)63(92)41-75-39-50-14-13-48(3)56(73)36-50)80-71(103)83-82-69(101)60(37-49-15-17-52(18-16-49)51-9-5-4-6-10-51)78-62(91)43-84-23-19-54(20-24-84)77-61(90)42-85-27-29-86(44-64(93)94)31-33-88(46-66(97)98)34-32-87(30-28-85)45-65(95)96/h4-18,36,40,47,54,58-60,75-76H,19-35,37-39,41-46H2,1-3H3,(H2,74,99)(H,77,90)(H,78,91)(H,79,102)(H,81,100)(H,82,101)(H,93,94)(H,95,96)(H,97,98)(H2,80,83,103)/t58-,59-,60-/m0/s1. The van der Waals surface area contributed by atoms with E-state index in [0.717, 1.165) is 22.0 Å². The van der Waals surface area contributed by atoms with Crippen molar-refractivity contribution in [2.45, 2.75) is 102 Å². The lowest BCUT2D eigenvalue weighted by molar-refractivity contribution is -0.141. The van der Waals surface area contributed by atoms with E-state index in [1.165, 1.54) is 11.0 Å². The number of para-hydroxylation sites is 1. The van der Waals surface area contributed by atoms with Crippen LogP contribution in [0.3, 0.4) is 0 Å². The van der Waals surface area contributed by atoms with Gasteiger partial charge >= 0.3 is 23.9 Å². The lowest BCUT2D eigenvalue weighted by Gasteiger charge is -2.42. The fourth-order valence-corrected chi connectivity index (χ4v) is 13.0. The number of nitrogens with two attached hydrogens (primary N) is 1. The molecule has 0 radical (unpaired) electrons. The Morgan fingerprint density at radius 1 is 0.583 bits per heavy atom. The van der Waals surface area contributed by atoms with Crippen molar-refractivity contribution in [2.75, 3.05) is 118 Å². The highest BCUT2D eigenvalue weighted by atomic mass is 19.1. The third kappa shape index (κ3) is 24.9. The molecular weight excluding hydrogens is 1330 g/mol. The maximum absolute atomic E-state index is 14.8. The van der Waals surface area contributed by atoms with E-state index in [1.807, 2.05) is 103 Å². The number of amides is 9. The molecule has 556 valence electrons. The van der Waals surface area contributed by atoms with Crippen molar-refractivity contribution < 1.29 is 72.4 Å². The summed E-state index contributed by atoms with van der Waals surface area (Å²) in [7, 11) is 0. The number of aromatic nitrogens is 1. The van der Waals surface area contributed by atoms with Crippen LogP contribution < -0.4 is 48.5 Å². The lowest BCUT2D eigenvalue weighted by Crippen LogP contribution is -2.68. The molecule has 3 fully saturated rings. The van der Waals surface area contributed by atoms with Gasteiger partial charge in [0.25, 0.3) is 5.91 Å². The first-order valence-electron chi connectivity index (χ1n) is 34.8. The zero-order valence-corrected chi connectivity index (χ0v) is 58.6. The smallest absolute Gasteiger partial charge is 0.334 e. The van der Waals surface area contributed by atoms with Gasteiger partial charge < -0.3 is 62.8 Å². The summed E-state index contributed by atoms with van der Waals surface area (Å²) in [6.45, 7) is 6.97. The number of nitrogens with one attached hydrogen (secondary N) is 9. The molecular formula is C72H97FN16O14. The number of piperidine rings is 2. The summed E-state index contributed by atoms with van der Waals surface area (Å²) >= 11 is 0. The number of fused-ring (bicyclic) bond motifs is 1. The van der Waals surface area contributed by atoms with Crippen molar-refractivity contribution in [2.24, 2.45) is 11.7 Å². The number of likely N-dealkylation sites (tertiary alicyclic amines) is 2. The van der Waals surface area contributed by atoms with E-state index < -0.39 is 77.1 Å². The predicted octanol–water partition coefficient (Wildman–Crippen LogP) is 0.591. The van der Waals surface area contributed by atoms with Crippen LogP contribution in [-0.2, 0) is 67.3 Å². The number of rotatable bonds is 30. The highest BCUT2D eigenvalue weighted by molar-refractivity contribution is 5.98. The number of H-pyrrole nitrogens is 1. The number of carboxylic acids is 3. The van der Waals surface area contributed by atoms with Crippen molar-refractivity contribution in [1.29, 1.82) is 0 Å². The molecule has 4 aromatic carbocycles. The molecule has 3 atom stereocenters. The Morgan fingerprint density at radius 2 is 1.13 bits per heavy atom. The number of urea groups is 1. The fraction of sp³-hybridized carbons (Fsp3) is 0.486. The number of carbonyl (C=O) groups excluding carboxylic acids is 8. The van der Waals surface area contributed by atoms with Gasteiger partial charge in [0.15, 0.2) is 0 Å². The zero-order chi connectivity index (χ0) is 74.2. The third-order valence-corrected chi connectivity index (χ3v) is 18.8. The number of benzene rings is 4. The number of aryl methyl sites for hydroxylation is 1. The number of aromatic amines is 1. The van der Waals surface area contributed by atoms with Crippen LogP contribution in [0.25, 0.3) is 22.0 Å². The van der Waals surface area contributed by atoms with Crippen LogP contribution in [0.4, 0.5) is 9.18 Å². The number of aliphatic carboxylic acids is 3. The van der Waals surface area contributed by atoms with E-state index in [9.17, 15) is 72.4 Å². The van der Waals surface area contributed by atoms with Crippen molar-refractivity contribution >= 4 is 76.2 Å². The molecule has 0 unspecified atom stereocenters. The average molecular weight is 1430 g/mol. The minimum atomic E-state index is -1.74. The maximum Gasteiger partial charge on any atom is 0.334 e.